The number of anilines is 4. The quantitative estimate of drug-likeness (QED) is 0.298. The first-order valence-corrected chi connectivity index (χ1v) is 9.49. The second-order valence-corrected chi connectivity index (χ2v) is 7.11. The molecule has 0 aliphatic carbocycles. The molecule has 30 heavy (non-hydrogen) atoms. The molecular formula is C25H22N4O. The van der Waals surface area contributed by atoms with Crippen LogP contribution in [0.2, 0.25) is 0 Å². The molecule has 0 saturated heterocycles. The predicted molar refractivity (Wildman–Crippen MR) is 125 cm³/mol. The van der Waals surface area contributed by atoms with Crippen molar-refractivity contribution in [1.82, 2.24) is 0 Å². The maximum absolute atomic E-state index is 13.7. The number of hydrogen-bond donors (Lipinski definition) is 4. The van der Waals surface area contributed by atoms with Gasteiger partial charge in [0, 0.05) is 45.0 Å². The second-order valence-electron chi connectivity index (χ2n) is 7.11. The van der Waals surface area contributed by atoms with Gasteiger partial charge in [-0.3, -0.25) is 4.79 Å². The highest BCUT2D eigenvalue weighted by atomic mass is 16.1. The minimum Gasteiger partial charge on any atom is -0.399 e. The summed E-state index contributed by atoms with van der Waals surface area (Å²) in [5.74, 6) is -0.161. The lowest BCUT2D eigenvalue weighted by Gasteiger charge is -2.16. The van der Waals surface area contributed by atoms with Gasteiger partial charge in [-0.1, -0.05) is 36.4 Å². The largest absolute Gasteiger partial charge is 0.399 e. The zero-order chi connectivity index (χ0) is 21.3. The summed E-state index contributed by atoms with van der Waals surface area (Å²) in [5, 5.41) is 0. The number of para-hydroxylation sites is 2. The van der Waals surface area contributed by atoms with Crippen LogP contribution >= 0.6 is 0 Å². The predicted octanol–water partition coefficient (Wildman–Crippen LogP) is 4.58. The Morgan fingerprint density at radius 1 is 0.500 bits per heavy atom. The van der Waals surface area contributed by atoms with Crippen LogP contribution in [0.15, 0.2) is 84.9 Å². The monoisotopic (exact) mass is 394 g/mol. The first kappa shape index (κ1) is 19.1. The summed E-state index contributed by atoms with van der Waals surface area (Å²) in [6.45, 7) is 0. The van der Waals surface area contributed by atoms with Crippen LogP contribution in [0.25, 0.3) is 22.3 Å². The Labute approximate surface area is 174 Å². The van der Waals surface area contributed by atoms with Crippen LogP contribution in [-0.2, 0) is 0 Å². The van der Waals surface area contributed by atoms with Crippen molar-refractivity contribution in [3.8, 4) is 22.3 Å². The fourth-order valence-electron chi connectivity index (χ4n) is 3.60. The Morgan fingerprint density at radius 2 is 0.900 bits per heavy atom. The number of hydrogen-bond acceptors (Lipinski definition) is 5. The lowest BCUT2D eigenvalue weighted by molar-refractivity contribution is 0.104. The van der Waals surface area contributed by atoms with Gasteiger partial charge in [-0.2, -0.15) is 0 Å². The molecule has 0 spiro atoms. The van der Waals surface area contributed by atoms with E-state index in [2.05, 4.69) is 0 Å². The molecule has 0 aliphatic heterocycles. The lowest BCUT2D eigenvalue weighted by Crippen LogP contribution is -2.08. The molecule has 0 atom stereocenters. The van der Waals surface area contributed by atoms with E-state index in [0.29, 0.717) is 45.0 Å². The standard InChI is InChI=1S/C25H22N4O/c26-15-9-11-19(21(13-15)17-5-1-3-7-23(17)28)25(30)20-12-10-16(27)14-22(20)18-6-2-4-8-24(18)29/h1-14H,26-29H2. The van der Waals surface area contributed by atoms with Gasteiger partial charge < -0.3 is 22.9 Å². The number of carbonyl (C=O) groups excluding carboxylic acids is 1. The van der Waals surface area contributed by atoms with Crippen LogP contribution in [0.4, 0.5) is 22.7 Å². The molecule has 5 nitrogen and oxygen atoms in total. The fraction of sp³-hybridized carbons (Fsp3) is 0. The minimum absolute atomic E-state index is 0.161. The summed E-state index contributed by atoms with van der Waals surface area (Å²) >= 11 is 0. The number of nitrogen functional groups attached to an aromatic ring is 4. The highest BCUT2D eigenvalue weighted by Crippen LogP contribution is 2.36. The fourth-order valence-corrected chi connectivity index (χ4v) is 3.60. The third-order valence-corrected chi connectivity index (χ3v) is 5.08. The van der Waals surface area contributed by atoms with E-state index in [0.717, 1.165) is 11.1 Å². The van der Waals surface area contributed by atoms with E-state index in [9.17, 15) is 4.79 Å². The highest BCUT2D eigenvalue weighted by molar-refractivity contribution is 6.17. The van der Waals surface area contributed by atoms with E-state index in [1.807, 2.05) is 36.4 Å². The maximum atomic E-state index is 13.7. The van der Waals surface area contributed by atoms with Crippen LogP contribution in [0.1, 0.15) is 15.9 Å². The van der Waals surface area contributed by atoms with Crippen LogP contribution < -0.4 is 22.9 Å². The average molecular weight is 394 g/mol. The third kappa shape index (κ3) is 3.44. The number of rotatable bonds is 4. The number of nitrogens with two attached hydrogens (primary N) is 4. The molecule has 0 bridgehead atoms. The topological polar surface area (TPSA) is 121 Å². The first-order chi connectivity index (χ1) is 14.5. The molecule has 8 N–H and O–H groups in total. The van der Waals surface area contributed by atoms with Crippen LogP contribution in [-0.4, -0.2) is 5.78 Å². The highest BCUT2D eigenvalue weighted by Gasteiger charge is 2.20. The summed E-state index contributed by atoms with van der Waals surface area (Å²) in [5.41, 5.74) is 30.6. The first-order valence-electron chi connectivity index (χ1n) is 9.49. The molecule has 4 aromatic carbocycles. The van der Waals surface area contributed by atoms with Crippen molar-refractivity contribution in [2.45, 2.75) is 0 Å². The van der Waals surface area contributed by atoms with Crippen LogP contribution in [0, 0.1) is 0 Å². The van der Waals surface area contributed by atoms with Gasteiger partial charge in [0.1, 0.15) is 0 Å². The van der Waals surface area contributed by atoms with E-state index >= 15 is 0 Å². The number of carbonyl (C=O) groups is 1. The molecular weight excluding hydrogens is 372 g/mol. The summed E-state index contributed by atoms with van der Waals surface area (Å²) in [6.07, 6.45) is 0. The zero-order valence-electron chi connectivity index (χ0n) is 16.3. The SMILES string of the molecule is Nc1ccc(C(=O)c2ccc(N)cc2-c2ccccc2N)c(-c2ccccc2N)c1. The van der Waals surface area contributed by atoms with Gasteiger partial charge in [-0.25, -0.2) is 0 Å². The molecule has 0 aliphatic rings. The maximum Gasteiger partial charge on any atom is 0.194 e. The normalized spacial score (nSPS) is 10.7. The second kappa shape index (κ2) is 7.64. The molecule has 0 saturated carbocycles. The van der Waals surface area contributed by atoms with Gasteiger partial charge in [-0.05, 0) is 59.7 Å². The van der Waals surface area contributed by atoms with Crippen molar-refractivity contribution in [3.63, 3.8) is 0 Å². The van der Waals surface area contributed by atoms with Gasteiger partial charge in [0.25, 0.3) is 0 Å². The summed E-state index contributed by atoms with van der Waals surface area (Å²) in [4.78, 5) is 13.7. The van der Waals surface area contributed by atoms with Gasteiger partial charge in [-0.15, -0.1) is 0 Å². The molecule has 0 radical (unpaired) electrons. The molecule has 0 unspecified atom stereocenters. The van der Waals surface area contributed by atoms with E-state index in [4.69, 9.17) is 22.9 Å². The Hall–Kier alpha value is -4.25. The Balaban J connectivity index is 1.93. The third-order valence-electron chi connectivity index (χ3n) is 5.08. The van der Waals surface area contributed by atoms with Gasteiger partial charge in [0.05, 0.1) is 0 Å². The van der Waals surface area contributed by atoms with Crippen molar-refractivity contribution < 1.29 is 4.79 Å². The molecule has 4 rings (SSSR count). The summed E-state index contributed by atoms with van der Waals surface area (Å²) < 4.78 is 0. The van der Waals surface area contributed by atoms with E-state index in [-0.39, 0.29) is 5.78 Å². The van der Waals surface area contributed by atoms with Crippen molar-refractivity contribution in [2.75, 3.05) is 22.9 Å². The summed E-state index contributed by atoms with van der Waals surface area (Å²) in [7, 11) is 0. The van der Waals surface area contributed by atoms with E-state index in [1.165, 1.54) is 0 Å². The van der Waals surface area contributed by atoms with Crippen molar-refractivity contribution in [3.05, 3.63) is 96.1 Å². The number of ketones is 1. The molecule has 0 aromatic heterocycles. The molecule has 0 heterocycles. The average Bonchev–Trinajstić information content (AvgIpc) is 2.74. The Kier molecular flexibility index (Phi) is 4.86. The molecule has 148 valence electrons. The van der Waals surface area contributed by atoms with Crippen LogP contribution in [0.3, 0.4) is 0 Å². The minimum atomic E-state index is -0.161. The lowest BCUT2D eigenvalue weighted by atomic mass is 9.88. The number of benzene rings is 4. The van der Waals surface area contributed by atoms with Gasteiger partial charge in [0.15, 0.2) is 5.78 Å². The van der Waals surface area contributed by atoms with E-state index < -0.39 is 0 Å². The van der Waals surface area contributed by atoms with Crippen molar-refractivity contribution in [1.29, 1.82) is 0 Å². The van der Waals surface area contributed by atoms with Gasteiger partial charge >= 0.3 is 0 Å². The molecule has 0 fully saturated rings. The zero-order valence-corrected chi connectivity index (χ0v) is 16.3. The van der Waals surface area contributed by atoms with Crippen molar-refractivity contribution in [2.24, 2.45) is 0 Å². The summed E-state index contributed by atoms with van der Waals surface area (Å²) in [6, 6.07) is 25.2. The molecule has 5 heteroatoms. The van der Waals surface area contributed by atoms with Gasteiger partial charge in [0.2, 0.25) is 0 Å². The smallest absolute Gasteiger partial charge is 0.194 e. The Morgan fingerprint density at radius 3 is 1.30 bits per heavy atom. The van der Waals surface area contributed by atoms with Crippen molar-refractivity contribution >= 4 is 28.5 Å². The molecule has 0 amide bonds. The van der Waals surface area contributed by atoms with Crippen LogP contribution in [0.5, 0.6) is 0 Å². The molecule has 4 aromatic rings. The Bertz CT molecular complexity index is 1170. The van der Waals surface area contributed by atoms with E-state index in [1.54, 1.807) is 48.5 Å².